The zero-order valence-electron chi connectivity index (χ0n) is 12.3. The van der Waals surface area contributed by atoms with Gasteiger partial charge in [-0.2, -0.15) is 0 Å². The first-order chi connectivity index (χ1) is 9.95. The average molecular weight is 308 g/mol. The van der Waals surface area contributed by atoms with Crippen LogP contribution in [0.1, 0.15) is 36.0 Å². The molecule has 1 atom stereocenters. The summed E-state index contributed by atoms with van der Waals surface area (Å²) in [5, 5.41) is 3.91. The molecule has 0 saturated heterocycles. The molecule has 2 aliphatic rings. The van der Waals surface area contributed by atoms with E-state index in [1.807, 2.05) is 6.07 Å². The van der Waals surface area contributed by atoms with Crippen molar-refractivity contribution >= 4 is 15.7 Å². The van der Waals surface area contributed by atoms with Crippen LogP contribution in [0, 0.1) is 13.8 Å². The van der Waals surface area contributed by atoms with Crippen LogP contribution in [0.25, 0.3) is 0 Å². The first-order valence-electron chi connectivity index (χ1n) is 7.24. The summed E-state index contributed by atoms with van der Waals surface area (Å²) < 4.78 is 26.2. The lowest BCUT2D eigenvalue weighted by molar-refractivity contribution is 0.0891. The van der Waals surface area contributed by atoms with E-state index in [2.05, 4.69) is 35.9 Å². The van der Waals surface area contributed by atoms with Crippen molar-refractivity contribution in [2.45, 2.75) is 44.5 Å². The Morgan fingerprint density at radius 3 is 2.71 bits per heavy atom. The SMILES string of the molecule is Cc1ccc(C2=NO[C@H](CNS(=O)(=O)C3CC3)C2)cc1C. The van der Waals surface area contributed by atoms with Gasteiger partial charge in [0.25, 0.3) is 0 Å². The summed E-state index contributed by atoms with van der Waals surface area (Å²) in [5.74, 6) is 0. The molecule has 21 heavy (non-hydrogen) atoms. The Morgan fingerprint density at radius 1 is 1.29 bits per heavy atom. The van der Waals surface area contributed by atoms with E-state index in [0.29, 0.717) is 6.42 Å². The summed E-state index contributed by atoms with van der Waals surface area (Å²) in [7, 11) is -3.15. The predicted octanol–water partition coefficient (Wildman–Crippen LogP) is 1.88. The molecule has 1 aliphatic heterocycles. The number of oxime groups is 1. The second-order valence-corrected chi connectivity index (χ2v) is 7.91. The number of nitrogens with zero attached hydrogens (tertiary/aromatic N) is 1. The van der Waals surface area contributed by atoms with Gasteiger partial charge in [0.15, 0.2) is 0 Å². The third kappa shape index (κ3) is 3.27. The van der Waals surface area contributed by atoms with Gasteiger partial charge in [-0.05, 0) is 49.4 Å². The molecule has 1 aromatic rings. The normalized spacial score (nSPS) is 22.0. The highest BCUT2D eigenvalue weighted by molar-refractivity contribution is 7.90. The summed E-state index contributed by atoms with van der Waals surface area (Å²) in [6.07, 6.45) is 1.96. The molecule has 0 radical (unpaired) electrons. The lowest BCUT2D eigenvalue weighted by Crippen LogP contribution is -2.34. The molecule has 0 aromatic heterocycles. The van der Waals surface area contributed by atoms with Crippen LogP contribution in [0.15, 0.2) is 23.4 Å². The second-order valence-electron chi connectivity index (χ2n) is 5.86. The van der Waals surface area contributed by atoms with Crippen LogP contribution >= 0.6 is 0 Å². The van der Waals surface area contributed by atoms with Gasteiger partial charge in [0.2, 0.25) is 10.0 Å². The molecule has 0 amide bonds. The fraction of sp³-hybridized carbons (Fsp3) is 0.533. The molecular weight excluding hydrogens is 288 g/mol. The fourth-order valence-corrected chi connectivity index (χ4v) is 3.75. The maximum Gasteiger partial charge on any atom is 0.214 e. The predicted molar refractivity (Wildman–Crippen MR) is 81.9 cm³/mol. The lowest BCUT2D eigenvalue weighted by atomic mass is 10.0. The third-order valence-corrected chi connectivity index (χ3v) is 5.97. The van der Waals surface area contributed by atoms with E-state index in [4.69, 9.17) is 4.84 Å². The monoisotopic (exact) mass is 308 g/mol. The van der Waals surface area contributed by atoms with Crippen molar-refractivity contribution in [1.29, 1.82) is 0 Å². The largest absolute Gasteiger partial charge is 0.390 e. The van der Waals surface area contributed by atoms with Gasteiger partial charge in [0, 0.05) is 6.42 Å². The molecule has 114 valence electrons. The molecule has 3 rings (SSSR count). The summed E-state index contributed by atoms with van der Waals surface area (Å²) >= 11 is 0. The van der Waals surface area contributed by atoms with Crippen molar-refractivity contribution in [3.05, 3.63) is 34.9 Å². The Hall–Kier alpha value is -1.40. The summed E-state index contributed by atoms with van der Waals surface area (Å²) in [5.41, 5.74) is 4.39. The van der Waals surface area contributed by atoms with Crippen molar-refractivity contribution in [3.63, 3.8) is 0 Å². The van der Waals surface area contributed by atoms with Crippen LogP contribution in [0.4, 0.5) is 0 Å². The second kappa shape index (κ2) is 5.42. The van der Waals surface area contributed by atoms with Crippen LogP contribution in [0.2, 0.25) is 0 Å². The number of hydrogen-bond acceptors (Lipinski definition) is 4. The van der Waals surface area contributed by atoms with E-state index in [0.717, 1.165) is 24.1 Å². The lowest BCUT2D eigenvalue weighted by Gasteiger charge is -2.10. The molecule has 6 heteroatoms. The summed E-state index contributed by atoms with van der Waals surface area (Å²) in [6, 6.07) is 6.19. The molecule has 5 nitrogen and oxygen atoms in total. The van der Waals surface area contributed by atoms with Gasteiger partial charge in [0.1, 0.15) is 6.10 Å². The molecule has 1 aliphatic carbocycles. The number of nitrogens with one attached hydrogen (secondary N) is 1. The van der Waals surface area contributed by atoms with Crippen LogP contribution in [-0.2, 0) is 14.9 Å². The van der Waals surface area contributed by atoms with Crippen molar-refractivity contribution in [2.24, 2.45) is 5.16 Å². The van der Waals surface area contributed by atoms with Crippen molar-refractivity contribution in [1.82, 2.24) is 4.72 Å². The Bertz CT molecular complexity index is 678. The Kier molecular flexibility index (Phi) is 3.75. The number of benzene rings is 1. The molecule has 1 heterocycles. The highest BCUT2D eigenvalue weighted by atomic mass is 32.2. The van der Waals surface area contributed by atoms with Crippen molar-refractivity contribution < 1.29 is 13.3 Å². The minimum atomic E-state index is -3.15. The molecule has 1 aromatic carbocycles. The van der Waals surface area contributed by atoms with Crippen molar-refractivity contribution in [2.75, 3.05) is 6.54 Å². The van der Waals surface area contributed by atoms with Crippen molar-refractivity contribution in [3.8, 4) is 0 Å². The molecule has 1 saturated carbocycles. The van der Waals surface area contributed by atoms with E-state index in [1.54, 1.807) is 0 Å². The maximum atomic E-state index is 11.8. The van der Waals surface area contributed by atoms with Gasteiger partial charge in [-0.15, -0.1) is 0 Å². The number of rotatable bonds is 5. The van der Waals surface area contributed by atoms with E-state index in [1.165, 1.54) is 11.1 Å². The number of aryl methyl sites for hydroxylation is 2. The quantitative estimate of drug-likeness (QED) is 0.903. The van der Waals surface area contributed by atoms with Gasteiger partial charge >= 0.3 is 0 Å². The van der Waals surface area contributed by atoms with E-state index < -0.39 is 10.0 Å². The third-order valence-electron chi connectivity index (χ3n) is 4.05. The summed E-state index contributed by atoms with van der Waals surface area (Å²) in [6.45, 7) is 4.43. The zero-order valence-corrected chi connectivity index (χ0v) is 13.1. The molecule has 0 unspecified atom stereocenters. The summed E-state index contributed by atoms with van der Waals surface area (Å²) in [4.78, 5) is 5.35. The average Bonchev–Trinajstić information content (AvgIpc) is 3.20. The van der Waals surface area contributed by atoms with Gasteiger partial charge in [0.05, 0.1) is 17.5 Å². The first kappa shape index (κ1) is 14.5. The standard InChI is InChI=1S/C15H20N2O3S/c1-10-3-4-12(7-11(10)2)15-8-13(20-17-15)9-16-21(18,19)14-5-6-14/h3-4,7,13-14,16H,5-6,8-9H2,1-2H3/t13-/m0/s1. The highest BCUT2D eigenvalue weighted by Crippen LogP contribution is 2.27. The molecular formula is C15H20N2O3S. The minimum absolute atomic E-state index is 0.195. The Balaban J connectivity index is 1.58. The highest BCUT2D eigenvalue weighted by Gasteiger charge is 2.36. The fourth-order valence-electron chi connectivity index (χ4n) is 2.33. The van der Waals surface area contributed by atoms with Gasteiger partial charge in [-0.1, -0.05) is 17.3 Å². The molecule has 0 spiro atoms. The van der Waals surface area contributed by atoms with Gasteiger partial charge in [-0.25, -0.2) is 13.1 Å². The van der Waals surface area contributed by atoms with E-state index in [9.17, 15) is 8.42 Å². The minimum Gasteiger partial charge on any atom is -0.390 e. The first-order valence-corrected chi connectivity index (χ1v) is 8.79. The molecule has 0 bridgehead atoms. The molecule has 1 N–H and O–H groups in total. The van der Waals surface area contributed by atoms with E-state index in [-0.39, 0.29) is 17.9 Å². The smallest absolute Gasteiger partial charge is 0.214 e. The van der Waals surface area contributed by atoms with Crippen LogP contribution in [0.5, 0.6) is 0 Å². The Labute approximate surface area is 125 Å². The maximum absolute atomic E-state index is 11.8. The van der Waals surface area contributed by atoms with Crippen LogP contribution < -0.4 is 4.72 Å². The Morgan fingerprint density at radius 2 is 2.05 bits per heavy atom. The molecule has 1 fully saturated rings. The number of sulfonamides is 1. The van der Waals surface area contributed by atoms with Crippen LogP contribution in [0.3, 0.4) is 0 Å². The van der Waals surface area contributed by atoms with Gasteiger partial charge in [-0.3, -0.25) is 0 Å². The van der Waals surface area contributed by atoms with Gasteiger partial charge < -0.3 is 4.84 Å². The van der Waals surface area contributed by atoms with E-state index >= 15 is 0 Å². The zero-order chi connectivity index (χ0) is 15.0. The van der Waals surface area contributed by atoms with Crippen LogP contribution in [-0.4, -0.2) is 32.0 Å². The number of hydrogen-bond donors (Lipinski definition) is 1. The topological polar surface area (TPSA) is 67.8 Å².